The van der Waals surface area contributed by atoms with Crippen molar-refractivity contribution < 1.29 is 0 Å². The summed E-state index contributed by atoms with van der Waals surface area (Å²) in [6.45, 7) is 0. The van der Waals surface area contributed by atoms with Gasteiger partial charge in [-0.05, 0) is 42.5 Å². The van der Waals surface area contributed by atoms with E-state index in [-0.39, 0.29) is 0 Å². The Balaban J connectivity index is 1.66. The Kier molecular flexibility index (Phi) is 6.64. The fraction of sp³-hybridized carbons (Fsp3) is 0. The minimum atomic E-state index is 0.501. The average molecular weight is 643 g/mol. The average Bonchev–Trinajstić information content (AvgIpc) is 4.00. The van der Waals surface area contributed by atoms with E-state index in [4.69, 9.17) is 29.9 Å². The summed E-state index contributed by atoms with van der Waals surface area (Å²) in [4.78, 5) is 40.5. The van der Waals surface area contributed by atoms with E-state index >= 15 is 0 Å². The zero-order valence-electron chi connectivity index (χ0n) is 24.9. The molecule has 228 valence electrons. The number of nitrogens with zero attached hydrogens (tertiary/aromatic N) is 10. The Hall–Kier alpha value is -6.73. The van der Waals surface area contributed by atoms with Crippen molar-refractivity contribution in [2.24, 2.45) is 0 Å². The Bertz CT molecular complexity index is 2460. The maximum atomic E-state index is 4.90. The standard InChI is InChI=1S/C35H22N12S/c1-2-9-37-21(6-1)25-28(33-40-11-5-12-41-33)27-26(23-20-36-14-15-38-23)31(22-7-3-13-45-46-22)47(24-8-4-10-39-24)32(27)30(35-44-18-19-48-35)29(25)34-42-16-17-43-34/h1-20,39H,(H,42,43). The van der Waals surface area contributed by atoms with E-state index in [2.05, 4.69) is 29.7 Å². The molecule has 0 aliphatic carbocycles. The van der Waals surface area contributed by atoms with Gasteiger partial charge in [0.05, 0.1) is 28.8 Å². The van der Waals surface area contributed by atoms with Crippen LogP contribution in [0.25, 0.3) is 84.0 Å². The number of aromatic nitrogens is 12. The van der Waals surface area contributed by atoms with Crippen LogP contribution >= 0.6 is 11.3 Å². The molecular weight excluding hydrogens is 621 g/mol. The van der Waals surface area contributed by atoms with Crippen LogP contribution in [0.3, 0.4) is 0 Å². The number of rotatable bonds is 7. The molecule has 2 N–H and O–H groups in total. The highest BCUT2D eigenvalue weighted by Gasteiger charge is 2.35. The van der Waals surface area contributed by atoms with Crippen molar-refractivity contribution in [3.05, 3.63) is 122 Å². The predicted molar refractivity (Wildman–Crippen MR) is 183 cm³/mol. The van der Waals surface area contributed by atoms with Gasteiger partial charge in [-0.25, -0.2) is 19.9 Å². The molecular formula is C35H22N12S. The zero-order chi connectivity index (χ0) is 31.9. The van der Waals surface area contributed by atoms with Crippen LogP contribution in [-0.2, 0) is 0 Å². The molecule has 8 aromatic heterocycles. The fourth-order valence-corrected chi connectivity index (χ4v) is 6.90. The smallest absolute Gasteiger partial charge is 0.160 e. The maximum Gasteiger partial charge on any atom is 0.160 e. The summed E-state index contributed by atoms with van der Waals surface area (Å²) in [5.41, 5.74) is 7.49. The van der Waals surface area contributed by atoms with Gasteiger partial charge in [0.15, 0.2) is 5.82 Å². The van der Waals surface area contributed by atoms with E-state index < -0.39 is 0 Å². The first-order chi connectivity index (χ1) is 23.9. The maximum absolute atomic E-state index is 4.90. The minimum absolute atomic E-state index is 0.501. The number of hydrogen-bond acceptors (Lipinski definition) is 10. The van der Waals surface area contributed by atoms with Crippen LogP contribution in [0.5, 0.6) is 0 Å². The van der Waals surface area contributed by atoms with Gasteiger partial charge in [-0.15, -0.1) is 16.4 Å². The monoisotopic (exact) mass is 642 g/mol. The second-order valence-electron chi connectivity index (χ2n) is 10.6. The van der Waals surface area contributed by atoms with Crippen LogP contribution < -0.4 is 0 Å². The van der Waals surface area contributed by atoms with Crippen LogP contribution in [0, 0.1) is 0 Å². The summed E-state index contributed by atoms with van der Waals surface area (Å²) in [7, 11) is 0. The number of fused-ring (bicyclic) bond motifs is 1. The molecule has 9 rings (SSSR count). The molecule has 0 aliphatic rings. The topological polar surface area (TPSA) is 153 Å². The molecule has 8 heterocycles. The Labute approximate surface area is 276 Å². The van der Waals surface area contributed by atoms with E-state index in [9.17, 15) is 0 Å². The van der Waals surface area contributed by atoms with E-state index in [0.717, 1.165) is 55.2 Å². The van der Waals surface area contributed by atoms with Crippen molar-refractivity contribution in [3.63, 3.8) is 0 Å². The van der Waals surface area contributed by atoms with E-state index in [1.54, 1.807) is 55.6 Å². The molecule has 48 heavy (non-hydrogen) atoms. The summed E-state index contributed by atoms with van der Waals surface area (Å²) >= 11 is 1.54. The summed E-state index contributed by atoms with van der Waals surface area (Å²) in [6.07, 6.45) is 19.3. The molecule has 0 saturated heterocycles. The highest BCUT2D eigenvalue weighted by atomic mass is 32.1. The van der Waals surface area contributed by atoms with E-state index in [1.165, 1.54) is 11.3 Å². The lowest BCUT2D eigenvalue weighted by molar-refractivity contribution is 1.00. The van der Waals surface area contributed by atoms with E-state index in [1.807, 2.05) is 66.4 Å². The molecule has 1 aromatic carbocycles. The normalized spacial score (nSPS) is 11.3. The van der Waals surface area contributed by atoms with Crippen molar-refractivity contribution in [1.82, 2.24) is 59.6 Å². The molecule has 0 amide bonds. The Morgan fingerprint density at radius 1 is 0.583 bits per heavy atom. The van der Waals surface area contributed by atoms with Gasteiger partial charge in [0, 0.05) is 101 Å². The van der Waals surface area contributed by atoms with Gasteiger partial charge in [0.1, 0.15) is 22.3 Å². The second kappa shape index (κ2) is 11.6. The first-order valence-electron chi connectivity index (χ1n) is 14.9. The molecule has 0 atom stereocenters. The van der Waals surface area contributed by atoms with Gasteiger partial charge in [-0.3, -0.25) is 19.5 Å². The zero-order valence-corrected chi connectivity index (χ0v) is 25.7. The first kappa shape index (κ1) is 27.6. The van der Waals surface area contributed by atoms with Crippen molar-refractivity contribution in [2.45, 2.75) is 0 Å². The van der Waals surface area contributed by atoms with Gasteiger partial charge in [-0.1, -0.05) is 6.07 Å². The Morgan fingerprint density at radius 3 is 2.19 bits per heavy atom. The third-order valence-electron chi connectivity index (χ3n) is 7.96. The van der Waals surface area contributed by atoms with Crippen LogP contribution in [0.4, 0.5) is 0 Å². The molecule has 12 nitrogen and oxygen atoms in total. The number of nitrogens with one attached hydrogen (secondary N) is 2. The quantitative estimate of drug-likeness (QED) is 0.189. The third-order valence-corrected chi connectivity index (χ3v) is 8.75. The van der Waals surface area contributed by atoms with Crippen LogP contribution in [0.15, 0.2) is 122 Å². The number of imidazole rings is 1. The van der Waals surface area contributed by atoms with Gasteiger partial charge >= 0.3 is 0 Å². The minimum Gasteiger partial charge on any atom is -0.348 e. The molecule has 0 unspecified atom stereocenters. The highest BCUT2D eigenvalue weighted by molar-refractivity contribution is 7.13. The summed E-state index contributed by atoms with van der Waals surface area (Å²) in [6, 6.07) is 15.4. The number of benzene rings is 1. The van der Waals surface area contributed by atoms with E-state index in [0.29, 0.717) is 28.7 Å². The lowest BCUT2D eigenvalue weighted by Gasteiger charge is -2.20. The number of aromatic amines is 2. The molecule has 13 heteroatoms. The van der Waals surface area contributed by atoms with Gasteiger partial charge in [0.2, 0.25) is 0 Å². The number of hydrogen-bond donors (Lipinski definition) is 2. The lowest BCUT2D eigenvalue weighted by atomic mass is 9.87. The highest BCUT2D eigenvalue weighted by Crippen LogP contribution is 2.55. The fourth-order valence-electron chi connectivity index (χ4n) is 6.21. The molecule has 0 radical (unpaired) electrons. The molecule has 0 spiro atoms. The summed E-state index contributed by atoms with van der Waals surface area (Å²) in [5.74, 6) is 1.94. The molecule has 0 saturated carbocycles. The number of thiazole rings is 1. The number of pyridine rings is 1. The van der Waals surface area contributed by atoms with Gasteiger partial charge < -0.3 is 9.97 Å². The summed E-state index contributed by atoms with van der Waals surface area (Å²) in [5, 5.41) is 12.5. The van der Waals surface area contributed by atoms with Gasteiger partial charge in [0.25, 0.3) is 0 Å². The Morgan fingerprint density at radius 2 is 1.48 bits per heavy atom. The SMILES string of the molecule is c1ccc(-c2c(-c3ncc[nH]3)c(-c3nccs3)c3c(c2-c2ncccn2)c(-c2cnccn2)c(-c2cccnn2)n3-c2ccc[nH]2)nc1. The second-order valence-corrected chi connectivity index (χ2v) is 11.5. The number of H-pyrrole nitrogens is 2. The van der Waals surface area contributed by atoms with Crippen molar-refractivity contribution in [2.75, 3.05) is 0 Å². The molecule has 0 aliphatic heterocycles. The largest absolute Gasteiger partial charge is 0.348 e. The predicted octanol–water partition coefficient (Wildman–Crippen LogP) is 6.91. The van der Waals surface area contributed by atoms with Crippen LogP contribution in [0.2, 0.25) is 0 Å². The van der Waals surface area contributed by atoms with Crippen molar-refractivity contribution in [1.29, 1.82) is 0 Å². The summed E-state index contributed by atoms with van der Waals surface area (Å²) < 4.78 is 2.15. The molecule has 0 fully saturated rings. The first-order valence-corrected chi connectivity index (χ1v) is 15.8. The van der Waals surface area contributed by atoms with Crippen LogP contribution in [-0.4, -0.2) is 59.6 Å². The van der Waals surface area contributed by atoms with Crippen LogP contribution in [0.1, 0.15) is 0 Å². The lowest BCUT2D eigenvalue weighted by Crippen LogP contribution is -2.04. The third kappa shape index (κ3) is 4.40. The van der Waals surface area contributed by atoms with Crippen molar-refractivity contribution in [3.8, 4) is 73.1 Å². The molecule has 0 bridgehead atoms. The van der Waals surface area contributed by atoms with Crippen molar-refractivity contribution >= 4 is 22.2 Å². The molecule has 9 aromatic rings. The van der Waals surface area contributed by atoms with Gasteiger partial charge in [-0.2, -0.15) is 5.10 Å².